The predicted octanol–water partition coefficient (Wildman–Crippen LogP) is 3.13. The van der Waals surface area contributed by atoms with Crippen LogP contribution in [0.1, 0.15) is 51.9 Å². The van der Waals surface area contributed by atoms with Crippen molar-refractivity contribution in [1.82, 2.24) is 5.32 Å². The predicted molar refractivity (Wildman–Crippen MR) is 88.5 cm³/mol. The summed E-state index contributed by atoms with van der Waals surface area (Å²) in [6.07, 6.45) is -0.673. The zero-order valence-corrected chi connectivity index (χ0v) is 14.4. The number of para-hydroxylation sites is 1. The van der Waals surface area contributed by atoms with E-state index in [4.69, 9.17) is 4.74 Å². The van der Waals surface area contributed by atoms with Crippen LogP contribution in [0.25, 0.3) is 0 Å². The molecule has 0 radical (unpaired) electrons. The summed E-state index contributed by atoms with van der Waals surface area (Å²) in [5, 5.41) is 5.18. The van der Waals surface area contributed by atoms with E-state index in [0.29, 0.717) is 11.3 Å². The summed E-state index contributed by atoms with van der Waals surface area (Å²) in [6, 6.07) is 6.66. The smallest absolute Gasteiger partial charge is 0.408 e. The van der Waals surface area contributed by atoms with Crippen LogP contribution in [0.3, 0.4) is 0 Å². The van der Waals surface area contributed by atoms with E-state index >= 15 is 0 Å². The van der Waals surface area contributed by atoms with Crippen molar-refractivity contribution in [3.63, 3.8) is 0 Å². The zero-order chi connectivity index (χ0) is 17.8. The van der Waals surface area contributed by atoms with E-state index in [1.807, 2.05) is 0 Å². The second kappa shape index (κ2) is 6.81. The average Bonchev–Trinajstić information content (AvgIpc) is 2.34. The third-order valence-electron chi connectivity index (χ3n) is 2.86. The van der Waals surface area contributed by atoms with Crippen LogP contribution in [0.2, 0.25) is 0 Å². The first kappa shape index (κ1) is 18.7. The Labute approximate surface area is 136 Å². The molecule has 23 heavy (non-hydrogen) atoms. The quantitative estimate of drug-likeness (QED) is 0.835. The van der Waals surface area contributed by atoms with Gasteiger partial charge in [-0.1, -0.05) is 12.1 Å². The van der Waals surface area contributed by atoms with E-state index in [0.717, 1.165) is 0 Å². The molecule has 0 aromatic heterocycles. The molecule has 0 saturated carbocycles. The average molecular weight is 320 g/mol. The number of Topliss-reactive ketones (excluding diaryl/α,β-unsaturated/α-hetero) is 1. The number of nitrogens with one attached hydrogen (secondary N) is 2. The van der Waals surface area contributed by atoms with Gasteiger partial charge in [0.15, 0.2) is 5.78 Å². The number of carbonyl (C=O) groups excluding carboxylic acids is 3. The summed E-state index contributed by atoms with van der Waals surface area (Å²) < 4.78 is 5.18. The molecular formula is C17H24N2O4. The fourth-order valence-electron chi connectivity index (χ4n) is 1.93. The molecule has 0 heterocycles. The van der Waals surface area contributed by atoms with E-state index in [9.17, 15) is 14.4 Å². The van der Waals surface area contributed by atoms with E-state index in [1.54, 1.807) is 58.9 Å². The number of ether oxygens (including phenoxy) is 1. The van der Waals surface area contributed by atoms with Crippen molar-refractivity contribution in [2.24, 2.45) is 0 Å². The van der Waals surface area contributed by atoms with Gasteiger partial charge in [0.05, 0.1) is 5.69 Å². The maximum atomic E-state index is 12.7. The summed E-state index contributed by atoms with van der Waals surface area (Å²) in [5.74, 6) is -0.601. The number of hydrogen-bond donors (Lipinski definition) is 2. The fourth-order valence-corrected chi connectivity index (χ4v) is 1.93. The minimum absolute atomic E-state index is 0.275. The summed E-state index contributed by atoms with van der Waals surface area (Å²) in [4.78, 5) is 35.9. The van der Waals surface area contributed by atoms with E-state index in [-0.39, 0.29) is 11.7 Å². The lowest BCUT2D eigenvalue weighted by molar-refractivity contribution is -0.114. The highest BCUT2D eigenvalue weighted by molar-refractivity contribution is 6.09. The van der Waals surface area contributed by atoms with Crippen LogP contribution < -0.4 is 10.6 Å². The van der Waals surface area contributed by atoms with Crippen LogP contribution in [-0.2, 0) is 9.53 Å². The second-order valence-corrected chi connectivity index (χ2v) is 6.81. The summed E-state index contributed by atoms with van der Waals surface area (Å²) in [5.41, 5.74) is -1.11. The van der Waals surface area contributed by atoms with Crippen molar-refractivity contribution < 1.29 is 19.1 Å². The van der Waals surface area contributed by atoms with Crippen LogP contribution in [-0.4, -0.2) is 28.9 Å². The monoisotopic (exact) mass is 320 g/mol. The number of anilines is 1. The minimum atomic E-state index is -1.18. The molecule has 1 aromatic carbocycles. The Morgan fingerprint density at radius 3 is 2.09 bits per heavy atom. The maximum absolute atomic E-state index is 12.7. The third-order valence-corrected chi connectivity index (χ3v) is 2.86. The van der Waals surface area contributed by atoms with Crippen LogP contribution in [0.4, 0.5) is 10.5 Å². The van der Waals surface area contributed by atoms with E-state index < -0.39 is 17.2 Å². The molecule has 0 aliphatic rings. The highest BCUT2D eigenvalue weighted by Gasteiger charge is 2.33. The van der Waals surface area contributed by atoms with Crippen molar-refractivity contribution in [3.8, 4) is 0 Å². The van der Waals surface area contributed by atoms with Crippen LogP contribution >= 0.6 is 0 Å². The number of ketones is 1. The van der Waals surface area contributed by atoms with Crippen LogP contribution in [0.5, 0.6) is 0 Å². The number of amides is 2. The molecule has 2 N–H and O–H groups in total. The molecule has 2 amide bonds. The molecule has 6 heteroatoms. The van der Waals surface area contributed by atoms with Gasteiger partial charge in [-0.3, -0.25) is 9.59 Å². The van der Waals surface area contributed by atoms with Gasteiger partial charge in [-0.15, -0.1) is 0 Å². The van der Waals surface area contributed by atoms with Crippen molar-refractivity contribution in [2.75, 3.05) is 5.32 Å². The molecule has 0 unspecified atom stereocenters. The molecule has 0 atom stereocenters. The molecule has 126 valence electrons. The van der Waals surface area contributed by atoms with Gasteiger partial charge in [0.2, 0.25) is 5.91 Å². The lowest BCUT2D eigenvalue weighted by Gasteiger charge is -2.28. The largest absolute Gasteiger partial charge is 0.444 e. The Morgan fingerprint density at radius 1 is 1.00 bits per heavy atom. The minimum Gasteiger partial charge on any atom is -0.444 e. The van der Waals surface area contributed by atoms with Gasteiger partial charge < -0.3 is 15.4 Å². The van der Waals surface area contributed by atoms with Gasteiger partial charge in [0.25, 0.3) is 0 Å². The summed E-state index contributed by atoms with van der Waals surface area (Å²) >= 11 is 0. The van der Waals surface area contributed by atoms with Crippen molar-refractivity contribution in [2.45, 2.75) is 52.7 Å². The normalized spacial score (nSPS) is 11.6. The van der Waals surface area contributed by atoms with E-state index in [2.05, 4.69) is 10.6 Å². The zero-order valence-electron chi connectivity index (χ0n) is 14.4. The molecular weight excluding hydrogens is 296 g/mol. The Kier molecular flexibility index (Phi) is 5.53. The first-order valence-corrected chi connectivity index (χ1v) is 7.35. The molecule has 6 nitrogen and oxygen atoms in total. The standard InChI is InChI=1S/C17H24N2O4/c1-11(20)18-13-10-8-7-9-12(13)14(21)17(5,6)19-15(22)23-16(2,3)4/h7-10H,1-6H3,(H,18,20)(H,19,22). The molecule has 0 aliphatic carbocycles. The van der Waals surface area contributed by atoms with Gasteiger partial charge in [-0.25, -0.2) is 4.79 Å². The third kappa shape index (κ3) is 5.73. The second-order valence-electron chi connectivity index (χ2n) is 6.81. The summed E-state index contributed by atoms with van der Waals surface area (Å²) in [7, 11) is 0. The summed E-state index contributed by atoms with van der Waals surface area (Å²) in [6.45, 7) is 9.77. The van der Waals surface area contributed by atoms with Crippen molar-refractivity contribution in [1.29, 1.82) is 0 Å². The number of hydrogen-bond acceptors (Lipinski definition) is 4. The van der Waals surface area contributed by atoms with Crippen LogP contribution in [0, 0.1) is 0 Å². The molecule has 0 aliphatic heterocycles. The highest BCUT2D eigenvalue weighted by Crippen LogP contribution is 2.21. The van der Waals surface area contributed by atoms with Gasteiger partial charge in [0.1, 0.15) is 11.1 Å². The van der Waals surface area contributed by atoms with Gasteiger partial charge in [-0.2, -0.15) is 0 Å². The molecule has 0 spiro atoms. The Hall–Kier alpha value is -2.37. The van der Waals surface area contributed by atoms with Gasteiger partial charge in [0, 0.05) is 12.5 Å². The first-order valence-electron chi connectivity index (χ1n) is 7.35. The Morgan fingerprint density at radius 2 is 1.57 bits per heavy atom. The highest BCUT2D eigenvalue weighted by atomic mass is 16.6. The SMILES string of the molecule is CC(=O)Nc1ccccc1C(=O)C(C)(C)NC(=O)OC(C)(C)C. The molecule has 0 fully saturated rings. The Balaban J connectivity index is 2.99. The van der Waals surface area contributed by atoms with Crippen molar-refractivity contribution >= 4 is 23.5 Å². The number of carbonyl (C=O) groups is 3. The molecule has 0 saturated heterocycles. The number of benzene rings is 1. The molecule has 1 rings (SSSR count). The maximum Gasteiger partial charge on any atom is 0.408 e. The fraction of sp³-hybridized carbons (Fsp3) is 0.471. The van der Waals surface area contributed by atoms with Gasteiger partial charge in [-0.05, 0) is 46.8 Å². The lowest BCUT2D eigenvalue weighted by atomic mass is 9.92. The lowest BCUT2D eigenvalue weighted by Crippen LogP contribution is -2.51. The number of rotatable bonds is 4. The molecule has 1 aromatic rings. The van der Waals surface area contributed by atoms with Crippen LogP contribution in [0.15, 0.2) is 24.3 Å². The molecule has 0 bridgehead atoms. The van der Waals surface area contributed by atoms with E-state index in [1.165, 1.54) is 6.92 Å². The first-order chi connectivity index (χ1) is 10.4. The van der Waals surface area contributed by atoms with Crippen molar-refractivity contribution in [3.05, 3.63) is 29.8 Å². The number of alkyl carbamates (subject to hydrolysis) is 1. The Bertz CT molecular complexity index is 615. The van der Waals surface area contributed by atoms with Gasteiger partial charge >= 0.3 is 6.09 Å². The topological polar surface area (TPSA) is 84.5 Å².